The zero-order valence-electron chi connectivity index (χ0n) is 16.1. The van der Waals surface area contributed by atoms with Gasteiger partial charge in [-0.1, -0.05) is 41.9 Å². The molecule has 0 radical (unpaired) electrons. The van der Waals surface area contributed by atoms with Gasteiger partial charge in [0, 0.05) is 26.9 Å². The highest BCUT2D eigenvalue weighted by Gasteiger charge is 2.16. The molecule has 0 saturated heterocycles. The topological polar surface area (TPSA) is 58.2 Å². The number of aryl methyl sites for hydroxylation is 1. The van der Waals surface area contributed by atoms with E-state index in [9.17, 15) is 9.59 Å². The lowest BCUT2D eigenvalue weighted by atomic mass is 10.2. The quantitative estimate of drug-likeness (QED) is 0.475. The van der Waals surface area contributed by atoms with Crippen molar-refractivity contribution >= 4 is 46.6 Å². The summed E-state index contributed by atoms with van der Waals surface area (Å²) in [5.41, 5.74) is 2.98. The van der Waals surface area contributed by atoms with Crippen molar-refractivity contribution in [3.63, 3.8) is 0 Å². The first kappa shape index (κ1) is 21.0. The smallest absolute Gasteiger partial charge is 0.255 e. The van der Waals surface area contributed by atoms with E-state index in [0.717, 1.165) is 16.1 Å². The molecular weight excluding hydrogens is 404 g/mol. The van der Waals surface area contributed by atoms with Crippen molar-refractivity contribution in [2.24, 2.45) is 0 Å². The van der Waals surface area contributed by atoms with Crippen LogP contribution in [-0.4, -0.2) is 17.1 Å². The van der Waals surface area contributed by atoms with Crippen LogP contribution in [0.4, 0.5) is 11.4 Å². The summed E-state index contributed by atoms with van der Waals surface area (Å²) in [5.74, 6) is -0.308. The third kappa shape index (κ3) is 5.86. The highest BCUT2D eigenvalue weighted by molar-refractivity contribution is 8.00. The van der Waals surface area contributed by atoms with E-state index in [1.54, 1.807) is 24.3 Å². The van der Waals surface area contributed by atoms with Crippen LogP contribution in [0.3, 0.4) is 0 Å². The predicted octanol–water partition coefficient (Wildman–Crippen LogP) is 6.02. The van der Waals surface area contributed by atoms with Crippen LogP contribution in [-0.2, 0) is 4.79 Å². The minimum absolute atomic E-state index is 0.0716. The molecule has 2 N–H and O–H groups in total. The Morgan fingerprint density at radius 3 is 2.45 bits per heavy atom. The summed E-state index contributed by atoms with van der Waals surface area (Å²) < 4.78 is 0. The number of carbonyl (C=O) groups is 2. The van der Waals surface area contributed by atoms with Gasteiger partial charge in [-0.25, -0.2) is 0 Å². The maximum Gasteiger partial charge on any atom is 0.255 e. The molecule has 6 heteroatoms. The molecule has 0 heterocycles. The van der Waals surface area contributed by atoms with Crippen LogP contribution in [0.25, 0.3) is 0 Å². The molecule has 0 aromatic heterocycles. The summed E-state index contributed by atoms with van der Waals surface area (Å²) in [6.07, 6.45) is 0. The number of amides is 2. The molecule has 4 nitrogen and oxygen atoms in total. The Hall–Kier alpha value is -2.76. The standard InChI is InChI=1S/C23H21ClN2O2S/c1-15-7-3-4-12-21(15)26-22(27)16(2)29-20-11-6-10-19(14-20)25-23(28)17-8-5-9-18(24)13-17/h3-14,16H,1-2H3,(H,25,28)(H,26,27). The molecule has 0 fully saturated rings. The Morgan fingerprint density at radius 1 is 0.931 bits per heavy atom. The van der Waals surface area contributed by atoms with E-state index in [-0.39, 0.29) is 17.1 Å². The lowest BCUT2D eigenvalue weighted by molar-refractivity contribution is -0.115. The number of benzene rings is 3. The summed E-state index contributed by atoms with van der Waals surface area (Å²) in [4.78, 5) is 25.8. The Labute approximate surface area is 179 Å². The molecule has 0 aliphatic carbocycles. The van der Waals surface area contributed by atoms with Gasteiger partial charge in [0.15, 0.2) is 0 Å². The van der Waals surface area contributed by atoms with Crippen LogP contribution in [0.15, 0.2) is 77.7 Å². The van der Waals surface area contributed by atoms with Gasteiger partial charge in [0.25, 0.3) is 5.91 Å². The van der Waals surface area contributed by atoms with Gasteiger partial charge in [0.2, 0.25) is 5.91 Å². The fourth-order valence-electron chi connectivity index (χ4n) is 2.69. The fourth-order valence-corrected chi connectivity index (χ4v) is 3.80. The summed E-state index contributed by atoms with van der Waals surface area (Å²) in [7, 11) is 0. The number of hydrogen-bond donors (Lipinski definition) is 2. The number of anilines is 2. The Bertz CT molecular complexity index is 1040. The molecule has 2 amide bonds. The molecule has 148 valence electrons. The molecular formula is C23H21ClN2O2S. The van der Waals surface area contributed by atoms with Gasteiger partial charge < -0.3 is 10.6 Å². The van der Waals surface area contributed by atoms with Crippen LogP contribution in [0, 0.1) is 6.92 Å². The van der Waals surface area contributed by atoms with Gasteiger partial charge in [-0.05, 0) is 61.9 Å². The second-order valence-electron chi connectivity index (χ2n) is 6.56. The molecule has 3 aromatic carbocycles. The third-order valence-corrected chi connectivity index (χ3v) is 5.59. The summed E-state index contributed by atoms with van der Waals surface area (Å²) in [5, 5.41) is 6.04. The van der Waals surface area contributed by atoms with Crippen LogP contribution in [0.1, 0.15) is 22.8 Å². The maximum atomic E-state index is 12.5. The first-order valence-electron chi connectivity index (χ1n) is 9.12. The minimum Gasteiger partial charge on any atom is -0.325 e. The first-order valence-corrected chi connectivity index (χ1v) is 10.4. The van der Waals surface area contributed by atoms with Crippen molar-refractivity contribution in [2.45, 2.75) is 24.0 Å². The number of hydrogen-bond acceptors (Lipinski definition) is 3. The minimum atomic E-state index is -0.298. The highest BCUT2D eigenvalue weighted by Crippen LogP contribution is 2.27. The Morgan fingerprint density at radius 2 is 1.69 bits per heavy atom. The van der Waals surface area contributed by atoms with Crippen molar-refractivity contribution in [1.29, 1.82) is 0 Å². The number of para-hydroxylation sites is 1. The van der Waals surface area contributed by atoms with E-state index in [2.05, 4.69) is 10.6 Å². The van der Waals surface area contributed by atoms with Gasteiger partial charge in [-0.15, -0.1) is 11.8 Å². The van der Waals surface area contributed by atoms with Gasteiger partial charge >= 0.3 is 0 Å². The maximum absolute atomic E-state index is 12.5. The summed E-state index contributed by atoms with van der Waals surface area (Å²) in [6.45, 7) is 3.81. The molecule has 1 unspecified atom stereocenters. The van der Waals surface area contributed by atoms with Crippen molar-refractivity contribution in [1.82, 2.24) is 0 Å². The monoisotopic (exact) mass is 424 g/mol. The zero-order valence-corrected chi connectivity index (χ0v) is 17.7. The number of rotatable bonds is 6. The average Bonchev–Trinajstić information content (AvgIpc) is 2.70. The van der Waals surface area contributed by atoms with Crippen molar-refractivity contribution in [3.05, 3.63) is 88.9 Å². The molecule has 1 atom stereocenters. The van der Waals surface area contributed by atoms with Gasteiger partial charge in [-0.3, -0.25) is 9.59 Å². The van der Waals surface area contributed by atoms with Crippen LogP contribution < -0.4 is 10.6 Å². The van der Waals surface area contributed by atoms with Crippen molar-refractivity contribution in [3.8, 4) is 0 Å². The Balaban J connectivity index is 1.64. The van der Waals surface area contributed by atoms with E-state index in [0.29, 0.717) is 16.3 Å². The SMILES string of the molecule is Cc1ccccc1NC(=O)C(C)Sc1cccc(NC(=O)c2cccc(Cl)c2)c1. The molecule has 3 aromatic rings. The van der Waals surface area contributed by atoms with E-state index in [4.69, 9.17) is 11.6 Å². The van der Waals surface area contributed by atoms with Crippen LogP contribution in [0.5, 0.6) is 0 Å². The number of thioether (sulfide) groups is 1. The van der Waals surface area contributed by atoms with Crippen LogP contribution >= 0.6 is 23.4 Å². The van der Waals surface area contributed by atoms with Crippen molar-refractivity contribution in [2.75, 3.05) is 10.6 Å². The fraction of sp³-hybridized carbons (Fsp3) is 0.130. The normalized spacial score (nSPS) is 11.6. The second kappa shape index (κ2) is 9.63. The van der Waals surface area contributed by atoms with Gasteiger partial charge in [0.05, 0.1) is 5.25 Å². The molecule has 0 spiro atoms. The van der Waals surface area contributed by atoms with E-state index in [1.807, 2.05) is 62.4 Å². The Kier molecular flexibility index (Phi) is 6.96. The summed E-state index contributed by atoms with van der Waals surface area (Å²) in [6, 6.07) is 21.9. The number of nitrogens with one attached hydrogen (secondary N) is 2. The molecule has 0 bridgehead atoms. The molecule has 3 rings (SSSR count). The lowest BCUT2D eigenvalue weighted by Gasteiger charge is -2.14. The van der Waals surface area contributed by atoms with Gasteiger partial charge in [0.1, 0.15) is 0 Å². The summed E-state index contributed by atoms with van der Waals surface area (Å²) >= 11 is 7.38. The number of carbonyl (C=O) groups excluding carboxylic acids is 2. The molecule has 0 aliphatic rings. The zero-order chi connectivity index (χ0) is 20.8. The molecule has 29 heavy (non-hydrogen) atoms. The lowest BCUT2D eigenvalue weighted by Crippen LogP contribution is -2.22. The predicted molar refractivity (Wildman–Crippen MR) is 121 cm³/mol. The average molecular weight is 425 g/mol. The largest absolute Gasteiger partial charge is 0.325 e. The first-order chi connectivity index (χ1) is 13.9. The molecule has 0 saturated carbocycles. The van der Waals surface area contributed by atoms with E-state index < -0.39 is 0 Å². The van der Waals surface area contributed by atoms with E-state index >= 15 is 0 Å². The van der Waals surface area contributed by atoms with E-state index in [1.165, 1.54) is 11.8 Å². The number of halogens is 1. The second-order valence-corrected chi connectivity index (χ2v) is 8.41. The highest BCUT2D eigenvalue weighted by atomic mass is 35.5. The van der Waals surface area contributed by atoms with Crippen LogP contribution in [0.2, 0.25) is 5.02 Å². The molecule has 0 aliphatic heterocycles. The van der Waals surface area contributed by atoms with Gasteiger partial charge in [-0.2, -0.15) is 0 Å². The third-order valence-electron chi connectivity index (χ3n) is 4.26. The van der Waals surface area contributed by atoms with Crippen molar-refractivity contribution < 1.29 is 9.59 Å².